The third-order valence-corrected chi connectivity index (χ3v) is 5.75. The first-order valence-corrected chi connectivity index (χ1v) is 9.13. The van der Waals surface area contributed by atoms with Crippen LogP contribution in [-0.4, -0.2) is 7.11 Å². The summed E-state index contributed by atoms with van der Waals surface area (Å²) in [5.74, 6) is 0.125. The SMILES string of the molecule is COc1ccc(F)c(-c2cc(F)c(CCl)cc2C2CCCC2(C)C)c1. The molecule has 0 N–H and O–H groups in total. The zero-order valence-electron chi connectivity index (χ0n) is 14.8. The van der Waals surface area contributed by atoms with Gasteiger partial charge in [-0.2, -0.15) is 0 Å². The van der Waals surface area contributed by atoms with Gasteiger partial charge in [0.1, 0.15) is 17.4 Å². The molecule has 134 valence electrons. The van der Waals surface area contributed by atoms with Crippen molar-refractivity contribution < 1.29 is 13.5 Å². The summed E-state index contributed by atoms with van der Waals surface area (Å²) in [6.45, 7) is 4.44. The highest BCUT2D eigenvalue weighted by Gasteiger charge is 2.37. The number of halogens is 3. The van der Waals surface area contributed by atoms with Crippen molar-refractivity contribution in [1.29, 1.82) is 0 Å². The molecule has 1 aliphatic rings. The van der Waals surface area contributed by atoms with Gasteiger partial charge in [0, 0.05) is 11.1 Å². The van der Waals surface area contributed by atoms with Gasteiger partial charge in [0.05, 0.1) is 13.0 Å². The molecule has 4 heteroatoms. The first-order valence-electron chi connectivity index (χ1n) is 8.59. The predicted molar refractivity (Wildman–Crippen MR) is 98.3 cm³/mol. The Morgan fingerprint density at radius 2 is 1.88 bits per heavy atom. The lowest BCUT2D eigenvalue weighted by atomic mass is 9.75. The topological polar surface area (TPSA) is 9.23 Å². The maximum Gasteiger partial charge on any atom is 0.131 e. The molecule has 1 aliphatic carbocycles. The van der Waals surface area contributed by atoms with E-state index in [9.17, 15) is 8.78 Å². The molecule has 0 saturated heterocycles. The first kappa shape index (κ1) is 18.2. The fourth-order valence-electron chi connectivity index (χ4n) is 4.00. The standard InChI is InChI=1S/C21H23ClF2O/c1-21(2)8-4-5-18(21)16-9-13(12-22)20(24)11-15(16)17-10-14(25-3)6-7-19(17)23/h6-7,9-11,18H,4-5,8,12H2,1-3H3. The van der Waals surface area contributed by atoms with Gasteiger partial charge in [-0.05, 0) is 59.6 Å². The van der Waals surface area contributed by atoms with E-state index in [4.69, 9.17) is 16.3 Å². The Labute approximate surface area is 153 Å². The number of methoxy groups -OCH3 is 1. The minimum absolute atomic E-state index is 0.0888. The number of hydrogen-bond acceptors (Lipinski definition) is 1. The molecule has 1 nitrogen and oxygen atoms in total. The Bertz CT molecular complexity index is 786. The second-order valence-electron chi connectivity index (χ2n) is 7.44. The van der Waals surface area contributed by atoms with Gasteiger partial charge in [0.2, 0.25) is 0 Å². The lowest BCUT2D eigenvalue weighted by Gasteiger charge is -2.30. The van der Waals surface area contributed by atoms with Crippen molar-refractivity contribution in [3.63, 3.8) is 0 Å². The van der Waals surface area contributed by atoms with Gasteiger partial charge in [-0.25, -0.2) is 8.78 Å². The molecule has 1 atom stereocenters. The van der Waals surface area contributed by atoms with Crippen molar-refractivity contribution in [3.05, 3.63) is 53.1 Å². The van der Waals surface area contributed by atoms with Gasteiger partial charge < -0.3 is 4.74 Å². The van der Waals surface area contributed by atoms with Gasteiger partial charge in [-0.3, -0.25) is 0 Å². The molecule has 1 saturated carbocycles. The van der Waals surface area contributed by atoms with Crippen molar-refractivity contribution >= 4 is 11.6 Å². The van der Waals surface area contributed by atoms with Crippen LogP contribution in [-0.2, 0) is 5.88 Å². The predicted octanol–water partition coefficient (Wildman–Crippen LogP) is 6.67. The second kappa shape index (κ2) is 6.95. The average Bonchev–Trinajstić information content (AvgIpc) is 2.94. The number of hydrogen-bond donors (Lipinski definition) is 0. The third kappa shape index (κ3) is 3.39. The van der Waals surface area contributed by atoms with E-state index in [-0.39, 0.29) is 23.0 Å². The van der Waals surface area contributed by atoms with Crippen LogP contribution < -0.4 is 4.74 Å². The minimum Gasteiger partial charge on any atom is -0.497 e. The molecule has 0 aromatic heterocycles. The van der Waals surface area contributed by atoms with Crippen LogP contribution in [0.5, 0.6) is 5.75 Å². The molecule has 25 heavy (non-hydrogen) atoms. The summed E-state index contributed by atoms with van der Waals surface area (Å²) in [7, 11) is 1.54. The average molecular weight is 365 g/mol. The fraction of sp³-hybridized carbons (Fsp3) is 0.429. The maximum absolute atomic E-state index is 14.6. The number of rotatable bonds is 4. The summed E-state index contributed by atoms with van der Waals surface area (Å²) in [4.78, 5) is 0. The Hall–Kier alpha value is -1.61. The Kier molecular flexibility index (Phi) is 5.06. The van der Waals surface area contributed by atoms with Gasteiger partial charge in [-0.15, -0.1) is 11.6 Å². The fourth-order valence-corrected chi connectivity index (χ4v) is 4.21. The highest BCUT2D eigenvalue weighted by atomic mass is 35.5. The highest BCUT2D eigenvalue weighted by Crippen LogP contribution is 2.51. The summed E-state index contributed by atoms with van der Waals surface area (Å²) in [6.07, 6.45) is 3.23. The minimum atomic E-state index is -0.397. The van der Waals surface area contributed by atoms with Gasteiger partial charge in [-0.1, -0.05) is 26.3 Å². The highest BCUT2D eigenvalue weighted by molar-refractivity contribution is 6.17. The summed E-state index contributed by atoms with van der Waals surface area (Å²) in [6, 6.07) is 7.83. The molecule has 1 fully saturated rings. The summed E-state index contributed by atoms with van der Waals surface area (Å²) in [5.41, 5.74) is 2.50. The van der Waals surface area contributed by atoms with Crippen LogP contribution in [0.25, 0.3) is 11.1 Å². The monoisotopic (exact) mass is 364 g/mol. The van der Waals surface area contributed by atoms with Crippen LogP contribution >= 0.6 is 11.6 Å². The molecule has 2 aromatic rings. The van der Waals surface area contributed by atoms with E-state index in [0.717, 1.165) is 24.8 Å². The van der Waals surface area contributed by atoms with E-state index < -0.39 is 5.82 Å². The van der Waals surface area contributed by atoms with E-state index in [1.54, 1.807) is 12.1 Å². The third-order valence-electron chi connectivity index (χ3n) is 5.46. The molecule has 0 radical (unpaired) electrons. The smallest absolute Gasteiger partial charge is 0.131 e. The van der Waals surface area contributed by atoms with Crippen LogP contribution in [0.4, 0.5) is 8.78 Å². The van der Waals surface area contributed by atoms with E-state index in [2.05, 4.69) is 13.8 Å². The van der Waals surface area contributed by atoms with Crippen LogP contribution in [0.15, 0.2) is 30.3 Å². The largest absolute Gasteiger partial charge is 0.497 e. The van der Waals surface area contributed by atoms with E-state index in [1.807, 2.05) is 6.07 Å². The lowest BCUT2D eigenvalue weighted by Crippen LogP contribution is -2.17. The molecule has 2 aromatic carbocycles. The molecule has 1 unspecified atom stereocenters. The molecule has 3 rings (SSSR count). The Balaban J connectivity index is 2.24. The maximum atomic E-state index is 14.6. The quantitative estimate of drug-likeness (QED) is 0.550. The van der Waals surface area contributed by atoms with Crippen molar-refractivity contribution in [2.45, 2.75) is 44.9 Å². The van der Waals surface area contributed by atoms with Gasteiger partial charge in [0.25, 0.3) is 0 Å². The molecule has 0 heterocycles. The molecular formula is C21H23ClF2O. The Morgan fingerprint density at radius 3 is 2.48 bits per heavy atom. The second-order valence-corrected chi connectivity index (χ2v) is 7.71. The summed E-state index contributed by atoms with van der Waals surface area (Å²) >= 11 is 5.93. The van der Waals surface area contributed by atoms with Crippen molar-refractivity contribution in [2.75, 3.05) is 7.11 Å². The lowest BCUT2D eigenvalue weighted by molar-refractivity contribution is 0.332. The molecular weight excluding hydrogens is 342 g/mol. The number of alkyl halides is 1. The normalized spacial score (nSPS) is 19.2. The van der Waals surface area contributed by atoms with E-state index in [1.165, 1.54) is 19.2 Å². The molecule has 0 spiro atoms. The van der Waals surface area contributed by atoms with E-state index in [0.29, 0.717) is 22.4 Å². The molecule has 0 aliphatic heterocycles. The van der Waals surface area contributed by atoms with Gasteiger partial charge in [0.15, 0.2) is 0 Å². The molecule has 0 bridgehead atoms. The van der Waals surface area contributed by atoms with Crippen molar-refractivity contribution in [3.8, 4) is 16.9 Å². The van der Waals surface area contributed by atoms with Gasteiger partial charge >= 0.3 is 0 Å². The Morgan fingerprint density at radius 1 is 1.12 bits per heavy atom. The summed E-state index contributed by atoms with van der Waals surface area (Å²) in [5, 5.41) is 0. The van der Waals surface area contributed by atoms with E-state index >= 15 is 0 Å². The number of ether oxygens (including phenoxy) is 1. The van der Waals surface area contributed by atoms with Crippen LogP contribution in [0.2, 0.25) is 0 Å². The van der Waals surface area contributed by atoms with Crippen LogP contribution in [0.3, 0.4) is 0 Å². The van der Waals surface area contributed by atoms with Crippen molar-refractivity contribution in [2.24, 2.45) is 5.41 Å². The molecule has 0 amide bonds. The van der Waals surface area contributed by atoms with Crippen LogP contribution in [0, 0.1) is 17.0 Å². The number of benzene rings is 2. The summed E-state index contributed by atoms with van der Waals surface area (Å²) < 4.78 is 34.3. The van der Waals surface area contributed by atoms with Crippen LogP contribution in [0.1, 0.15) is 50.2 Å². The zero-order valence-corrected chi connectivity index (χ0v) is 15.6. The first-order chi connectivity index (χ1) is 11.9. The van der Waals surface area contributed by atoms with Crippen molar-refractivity contribution in [1.82, 2.24) is 0 Å². The zero-order chi connectivity index (χ0) is 18.2.